The minimum atomic E-state index is -3.50. The Bertz CT molecular complexity index is 1040. The maximum Gasteiger partial charge on any atom is 0.417 e. The maximum atomic E-state index is 12.1. The highest BCUT2D eigenvalue weighted by molar-refractivity contribution is 7.91. The molecule has 0 saturated carbocycles. The van der Waals surface area contributed by atoms with Crippen LogP contribution in [0.1, 0.15) is 6.42 Å². The van der Waals surface area contributed by atoms with E-state index in [1.54, 1.807) is 30.3 Å². The average molecular weight is 346 g/mol. The molecule has 0 aliphatic carbocycles. The van der Waals surface area contributed by atoms with Crippen molar-refractivity contribution in [1.29, 1.82) is 0 Å². The summed E-state index contributed by atoms with van der Waals surface area (Å²) >= 11 is 0. The number of rotatable bonds is 5. The molecule has 0 bridgehead atoms. The molecule has 0 spiro atoms. The van der Waals surface area contributed by atoms with E-state index in [4.69, 9.17) is 4.42 Å². The lowest BCUT2D eigenvalue weighted by Crippen LogP contribution is -2.17. The first-order valence-corrected chi connectivity index (χ1v) is 8.80. The zero-order chi connectivity index (χ0) is 17.2. The van der Waals surface area contributed by atoms with Gasteiger partial charge in [0.1, 0.15) is 0 Å². The van der Waals surface area contributed by atoms with Crippen LogP contribution in [0.15, 0.2) is 62.6 Å². The fraction of sp³-hybridized carbons (Fsp3) is 0.125. The highest BCUT2D eigenvalue weighted by Gasteiger charge is 2.16. The van der Waals surface area contributed by atoms with Crippen molar-refractivity contribution in [2.75, 3.05) is 11.1 Å². The number of oxazole rings is 1. The lowest BCUT2D eigenvalue weighted by molar-refractivity contribution is -0.115. The summed E-state index contributed by atoms with van der Waals surface area (Å²) in [5, 5.41) is 2.59. The summed E-state index contributed by atoms with van der Waals surface area (Å²) in [7, 11) is -3.50. The number of carbonyl (C=O) groups is 1. The van der Waals surface area contributed by atoms with Crippen molar-refractivity contribution < 1.29 is 17.6 Å². The standard InChI is InChI=1S/C16H14N2O5S/c19-15(8-9-24(21,22)12-4-2-1-3-5-12)17-11-6-7-13-14(10-11)23-16(20)18-13/h1-7,10H,8-9H2,(H,17,19)(H,18,20). The molecule has 2 N–H and O–H groups in total. The number of hydrogen-bond acceptors (Lipinski definition) is 5. The molecular formula is C16H14N2O5S. The summed E-state index contributed by atoms with van der Waals surface area (Å²) in [6.07, 6.45) is -0.174. The van der Waals surface area contributed by atoms with Crippen LogP contribution in [0, 0.1) is 0 Å². The first-order chi connectivity index (χ1) is 11.4. The van der Waals surface area contributed by atoms with E-state index in [1.165, 1.54) is 18.2 Å². The van der Waals surface area contributed by atoms with Crippen molar-refractivity contribution in [3.8, 4) is 0 Å². The van der Waals surface area contributed by atoms with Crippen LogP contribution < -0.4 is 11.1 Å². The number of aromatic amines is 1. The molecule has 1 amide bonds. The number of fused-ring (bicyclic) bond motifs is 1. The summed E-state index contributed by atoms with van der Waals surface area (Å²) < 4.78 is 29.2. The second kappa shape index (κ2) is 6.32. The van der Waals surface area contributed by atoms with Gasteiger partial charge in [-0.3, -0.25) is 9.78 Å². The molecule has 0 atom stereocenters. The molecule has 3 rings (SSSR count). The van der Waals surface area contributed by atoms with E-state index in [-0.39, 0.29) is 17.1 Å². The maximum absolute atomic E-state index is 12.1. The van der Waals surface area contributed by atoms with E-state index in [1.807, 2.05) is 0 Å². The zero-order valence-corrected chi connectivity index (χ0v) is 13.3. The number of hydrogen-bond donors (Lipinski definition) is 2. The van der Waals surface area contributed by atoms with Gasteiger partial charge in [-0.05, 0) is 24.3 Å². The third kappa shape index (κ3) is 3.54. The Hall–Kier alpha value is -2.87. The van der Waals surface area contributed by atoms with Crippen molar-refractivity contribution in [2.24, 2.45) is 0 Å². The summed E-state index contributed by atoms with van der Waals surface area (Å²) in [6.45, 7) is 0. The summed E-state index contributed by atoms with van der Waals surface area (Å²) in [4.78, 5) is 25.7. The number of carbonyl (C=O) groups excluding carboxylic acids is 1. The average Bonchev–Trinajstić information content (AvgIpc) is 2.93. The van der Waals surface area contributed by atoms with Crippen LogP contribution in [-0.4, -0.2) is 25.1 Å². The first-order valence-electron chi connectivity index (χ1n) is 7.14. The van der Waals surface area contributed by atoms with Gasteiger partial charge < -0.3 is 9.73 Å². The normalized spacial score (nSPS) is 11.5. The Labute approximate surface area is 137 Å². The monoisotopic (exact) mass is 346 g/mol. The molecule has 24 heavy (non-hydrogen) atoms. The lowest BCUT2D eigenvalue weighted by atomic mass is 10.3. The molecule has 124 valence electrons. The van der Waals surface area contributed by atoms with E-state index in [0.29, 0.717) is 16.8 Å². The number of aromatic nitrogens is 1. The number of benzene rings is 2. The second-order valence-electron chi connectivity index (χ2n) is 5.16. The summed E-state index contributed by atoms with van der Waals surface area (Å²) in [5.74, 6) is -1.31. The largest absolute Gasteiger partial charge is 0.417 e. The van der Waals surface area contributed by atoms with E-state index >= 15 is 0 Å². The highest BCUT2D eigenvalue weighted by atomic mass is 32.2. The van der Waals surface area contributed by atoms with E-state index < -0.39 is 21.5 Å². The van der Waals surface area contributed by atoms with Crippen LogP contribution in [0.3, 0.4) is 0 Å². The molecule has 0 unspecified atom stereocenters. The molecule has 2 aromatic carbocycles. The number of nitrogens with one attached hydrogen (secondary N) is 2. The molecule has 1 aromatic heterocycles. The number of H-pyrrole nitrogens is 1. The molecule has 3 aromatic rings. The van der Waals surface area contributed by atoms with Gasteiger partial charge in [0.05, 0.1) is 16.2 Å². The lowest BCUT2D eigenvalue weighted by Gasteiger charge is -2.06. The van der Waals surface area contributed by atoms with Gasteiger partial charge in [-0.2, -0.15) is 0 Å². The van der Waals surface area contributed by atoms with Gasteiger partial charge >= 0.3 is 5.76 Å². The molecule has 0 aliphatic rings. The van der Waals surface area contributed by atoms with E-state index in [0.717, 1.165) is 0 Å². The third-order valence-corrected chi connectivity index (χ3v) is 5.14. The Morgan fingerprint density at radius 3 is 2.62 bits per heavy atom. The van der Waals surface area contributed by atoms with Crippen molar-refractivity contribution in [2.45, 2.75) is 11.3 Å². The van der Waals surface area contributed by atoms with Gasteiger partial charge in [0.15, 0.2) is 15.4 Å². The van der Waals surface area contributed by atoms with Crippen LogP contribution in [0.2, 0.25) is 0 Å². The molecule has 7 nitrogen and oxygen atoms in total. The van der Waals surface area contributed by atoms with Crippen molar-refractivity contribution >= 4 is 32.5 Å². The van der Waals surface area contributed by atoms with Gasteiger partial charge in [-0.25, -0.2) is 13.2 Å². The second-order valence-corrected chi connectivity index (χ2v) is 7.26. The molecule has 1 heterocycles. The Morgan fingerprint density at radius 2 is 1.88 bits per heavy atom. The smallest absolute Gasteiger partial charge is 0.408 e. The molecule has 0 fully saturated rings. The number of sulfone groups is 1. The molecular weight excluding hydrogens is 332 g/mol. The fourth-order valence-corrected chi connectivity index (χ4v) is 3.48. The number of anilines is 1. The molecule has 0 radical (unpaired) electrons. The van der Waals surface area contributed by atoms with Crippen LogP contribution in [0.25, 0.3) is 11.1 Å². The highest BCUT2D eigenvalue weighted by Crippen LogP contribution is 2.17. The van der Waals surface area contributed by atoms with Crippen molar-refractivity contribution in [3.05, 3.63) is 59.1 Å². The predicted octanol–water partition coefficient (Wildman–Crippen LogP) is 1.92. The van der Waals surface area contributed by atoms with E-state index in [2.05, 4.69) is 10.3 Å². The summed E-state index contributed by atoms with van der Waals surface area (Å²) in [6, 6.07) is 12.7. The van der Waals surface area contributed by atoms with Crippen LogP contribution >= 0.6 is 0 Å². The van der Waals surface area contributed by atoms with Gasteiger partial charge in [0.2, 0.25) is 5.91 Å². The van der Waals surface area contributed by atoms with E-state index in [9.17, 15) is 18.0 Å². The van der Waals surface area contributed by atoms with Crippen LogP contribution in [-0.2, 0) is 14.6 Å². The van der Waals surface area contributed by atoms with Gasteiger partial charge in [-0.1, -0.05) is 18.2 Å². The number of amides is 1. The first kappa shape index (κ1) is 16.0. The summed E-state index contributed by atoms with van der Waals surface area (Å²) in [5.41, 5.74) is 1.26. The van der Waals surface area contributed by atoms with Crippen LogP contribution in [0.4, 0.5) is 5.69 Å². The Balaban J connectivity index is 1.65. The quantitative estimate of drug-likeness (QED) is 0.733. The topological polar surface area (TPSA) is 109 Å². The van der Waals surface area contributed by atoms with Gasteiger partial charge in [0, 0.05) is 18.2 Å². The molecule has 0 saturated heterocycles. The van der Waals surface area contributed by atoms with Crippen molar-refractivity contribution in [3.63, 3.8) is 0 Å². The van der Waals surface area contributed by atoms with Crippen LogP contribution in [0.5, 0.6) is 0 Å². The Kier molecular flexibility index (Phi) is 4.22. The van der Waals surface area contributed by atoms with Gasteiger partial charge in [0.25, 0.3) is 0 Å². The third-order valence-electron chi connectivity index (χ3n) is 3.40. The van der Waals surface area contributed by atoms with Crippen molar-refractivity contribution in [1.82, 2.24) is 4.98 Å². The minimum absolute atomic E-state index is 0.174. The zero-order valence-electron chi connectivity index (χ0n) is 12.5. The molecule has 8 heteroatoms. The Morgan fingerprint density at radius 1 is 1.12 bits per heavy atom. The predicted molar refractivity (Wildman–Crippen MR) is 88.6 cm³/mol. The molecule has 0 aliphatic heterocycles. The fourth-order valence-electron chi connectivity index (χ4n) is 2.22. The van der Waals surface area contributed by atoms with Gasteiger partial charge in [-0.15, -0.1) is 0 Å². The SMILES string of the molecule is O=C(CCS(=O)(=O)c1ccccc1)Nc1ccc2[nH]c(=O)oc2c1. The minimum Gasteiger partial charge on any atom is -0.408 e.